The van der Waals surface area contributed by atoms with Crippen LogP contribution in [0.25, 0.3) is 0 Å². The van der Waals surface area contributed by atoms with Gasteiger partial charge in [0.1, 0.15) is 0 Å². The van der Waals surface area contributed by atoms with E-state index in [0.29, 0.717) is 17.9 Å². The molecule has 0 aromatic carbocycles. The molecule has 0 atom stereocenters. The second-order valence-corrected chi connectivity index (χ2v) is 2.00. The van der Waals surface area contributed by atoms with Crippen molar-refractivity contribution in [1.29, 1.82) is 0 Å². The summed E-state index contributed by atoms with van der Waals surface area (Å²) in [5.41, 5.74) is 0. The molecule has 1 aromatic rings. The minimum Gasteiger partial charge on any atom is -0.330 e. The van der Waals surface area contributed by atoms with E-state index in [2.05, 4.69) is 9.82 Å². The van der Waals surface area contributed by atoms with Gasteiger partial charge in [-0.3, -0.25) is 9.63 Å². The summed E-state index contributed by atoms with van der Waals surface area (Å²) in [5, 5.41) is 0. The third kappa shape index (κ3) is 1.11. The summed E-state index contributed by atoms with van der Waals surface area (Å²) < 4.78 is 1.58. The Morgan fingerprint density at radius 1 is 1.90 bits per heavy atom. The average molecular weight is 160 g/mol. The number of anilines is 1. The second-order valence-electron chi connectivity index (χ2n) is 1.81. The van der Waals surface area contributed by atoms with Crippen molar-refractivity contribution in [3.05, 3.63) is 12.0 Å². The summed E-state index contributed by atoms with van der Waals surface area (Å²) in [5.74, 6) is 0.828. The van der Waals surface area contributed by atoms with Gasteiger partial charge in [0.2, 0.25) is 0 Å². The molecule has 0 spiro atoms. The van der Waals surface area contributed by atoms with Crippen LogP contribution in [0.5, 0.6) is 0 Å². The first-order valence-corrected chi connectivity index (χ1v) is 3.01. The highest BCUT2D eigenvalue weighted by molar-refractivity contribution is 6.23. The van der Waals surface area contributed by atoms with Crippen LogP contribution in [0, 0.1) is 0 Å². The number of hydrogen-bond donors (Lipinski definition) is 1. The fraction of sp³-hybridized carbons (Fsp3) is 0.200. The molecule has 5 heteroatoms. The van der Waals surface area contributed by atoms with Crippen molar-refractivity contribution < 1.29 is 4.79 Å². The van der Waals surface area contributed by atoms with Crippen molar-refractivity contribution in [2.45, 2.75) is 0 Å². The van der Waals surface area contributed by atoms with Gasteiger partial charge >= 0.3 is 0 Å². The Balaban J connectivity index is 3.03. The first-order chi connectivity index (χ1) is 4.77. The minimum absolute atomic E-state index is 0.350. The number of aryl methyl sites for hydroxylation is 1. The van der Waals surface area contributed by atoms with Gasteiger partial charge in [0, 0.05) is 25.0 Å². The van der Waals surface area contributed by atoms with E-state index in [1.54, 1.807) is 17.8 Å². The predicted octanol–water partition coefficient (Wildman–Crippen LogP) is 0.798. The van der Waals surface area contributed by atoms with Crippen LogP contribution < -0.4 is 4.84 Å². The highest BCUT2D eigenvalue weighted by Gasteiger charge is 2.00. The zero-order valence-corrected chi connectivity index (χ0v) is 6.09. The van der Waals surface area contributed by atoms with E-state index in [-0.39, 0.29) is 0 Å². The van der Waals surface area contributed by atoms with E-state index in [9.17, 15) is 4.79 Å². The number of halogens is 1. The van der Waals surface area contributed by atoms with E-state index in [1.807, 2.05) is 0 Å². The maximum atomic E-state index is 10.2. The number of aldehydes is 1. The Kier molecular flexibility index (Phi) is 1.91. The van der Waals surface area contributed by atoms with Crippen molar-refractivity contribution >= 4 is 23.9 Å². The van der Waals surface area contributed by atoms with Crippen LogP contribution in [0.1, 0.15) is 10.6 Å². The molecule has 1 heterocycles. The molecular weight excluding hydrogens is 154 g/mol. The highest BCUT2D eigenvalue weighted by atomic mass is 35.5. The number of aromatic nitrogens is 2. The Bertz CT molecular complexity index is 245. The van der Waals surface area contributed by atoms with Crippen LogP contribution >= 0.6 is 11.8 Å². The summed E-state index contributed by atoms with van der Waals surface area (Å²) in [7, 11) is 1.72. The van der Waals surface area contributed by atoms with E-state index in [4.69, 9.17) is 11.8 Å². The molecule has 0 radical (unpaired) electrons. The molecule has 0 bridgehead atoms. The zero-order valence-electron chi connectivity index (χ0n) is 5.34. The molecule has 0 saturated carbocycles. The van der Waals surface area contributed by atoms with E-state index in [1.165, 1.54) is 0 Å². The van der Waals surface area contributed by atoms with Gasteiger partial charge in [-0.2, -0.15) is 0 Å². The molecule has 0 aliphatic carbocycles. The summed E-state index contributed by atoms with van der Waals surface area (Å²) in [6.07, 6.45) is 2.29. The van der Waals surface area contributed by atoms with E-state index >= 15 is 0 Å². The molecule has 0 aliphatic heterocycles. The first kappa shape index (κ1) is 7.08. The van der Waals surface area contributed by atoms with Crippen LogP contribution in [0.4, 0.5) is 5.82 Å². The number of nitrogens with one attached hydrogen (secondary N) is 1. The van der Waals surface area contributed by atoms with E-state index in [0.717, 1.165) is 0 Å². The third-order valence-corrected chi connectivity index (χ3v) is 1.31. The van der Waals surface area contributed by atoms with E-state index < -0.39 is 0 Å². The summed E-state index contributed by atoms with van der Waals surface area (Å²) in [6.45, 7) is 0. The first-order valence-electron chi connectivity index (χ1n) is 2.63. The third-order valence-electron chi connectivity index (χ3n) is 1.11. The lowest BCUT2D eigenvalue weighted by atomic mass is 10.7. The maximum Gasteiger partial charge on any atom is 0.185 e. The molecule has 1 N–H and O–H groups in total. The van der Waals surface area contributed by atoms with Crippen LogP contribution in [0.15, 0.2) is 6.20 Å². The van der Waals surface area contributed by atoms with Gasteiger partial charge in [-0.15, -0.1) is 0 Å². The monoisotopic (exact) mass is 159 g/mol. The lowest BCUT2D eigenvalue weighted by Crippen LogP contribution is -1.92. The molecule has 1 aromatic heterocycles. The highest BCUT2D eigenvalue weighted by Crippen LogP contribution is 2.04. The Morgan fingerprint density at radius 2 is 2.60 bits per heavy atom. The molecule has 0 unspecified atom stereocenters. The van der Waals surface area contributed by atoms with Crippen molar-refractivity contribution in [3.63, 3.8) is 0 Å². The predicted molar refractivity (Wildman–Crippen MR) is 38.1 cm³/mol. The van der Waals surface area contributed by atoms with Crippen molar-refractivity contribution in [1.82, 2.24) is 9.55 Å². The molecule has 0 fully saturated rings. The molecule has 0 saturated heterocycles. The van der Waals surface area contributed by atoms with Crippen molar-refractivity contribution in [2.24, 2.45) is 7.05 Å². The Hall–Kier alpha value is -1.03. The van der Waals surface area contributed by atoms with Gasteiger partial charge in [0.05, 0.1) is 0 Å². The number of nitrogens with zero attached hydrogens (tertiary/aromatic N) is 2. The van der Waals surface area contributed by atoms with Gasteiger partial charge in [-0.1, -0.05) is 0 Å². The quantitative estimate of drug-likeness (QED) is 0.513. The average Bonchev–Trinajstić information content (AvgIpc) is 2.30. The van der Waals surface area contributed by atoms with Crippen LogP contribution in [0.3, 0.4) is 0 Å². The second kappa shape index (κ2) is 2.70. The number of rotatable bonds is 2. The molecular formula is C5H6ClN3O. The van der Waals surface area contributed by atoms with Gasteiger partial charge in [-0.05, 0) is 0 Å². The SMILES string of the molecule is Cn1cc(NCl)nc1C=O. The molecule has 10 heavy (non-hydrogen) atoms. The summed E-state index contributed by atoms with van der Waals surface area (Å²) in [4.78, 5) is 16.3. The minimum atomic E-state index is 0.350. The fourth-order valence-electron chi connectivity index (χ4n) is 0.636. The Labute approximate surface area is 62.9 Å². The van der Waals surface area contributed by atoms with Crippen molar-refractivity contribution in [3.8, 4) is 0 Å². The lowest BCUT2D eigenvalue weighted by Gasteiger charge is -1.86. The van der Waals surface area contributed by atoms with Crippen LogP contribution in [-0.4, -0.2) is 15.8 Å². The standard InChI is InChI=1S/C5H6ClN3O/c1-9-2-4(8-6)7-5(9)3-10/h2-3,8H,1H3. The molecule has 0 amide bonds. The molecule has 54 valence electrons. The number of imidazole rings is 1. The van der Waals surface area contributed by atoms with Gasteiger partial charge < -0.3 is 4.57 Å². The molecule has 1 rings (SSSR count). The summed E-state index contributed by atoms with van der Waals surface area (Å²) in [6, 6.07) is 0. The van der Waals surface area contributed by atoms with Crippen molar-refractivity contribution in [2.75, 3.05) is 4.84 Å². The van der Waals surface area contributed by atoms with Gasteiger partial charge in [0.25, 0.3) is 0 Å². The normalized spacial score (nSPS) is 9.40. The number of hydrogen-bond acceptors (Lipinski definition) is 3. The fourth-order valence-corrected chi connectivity index (χ4v) is 0.727. The van der Waals surface area contributed by atoms with Gasteiger partial charge in [-0.25, -0.2) is 4.98 Å². The maximum absolute atomic E-state index is 10.2. The van der Waals surface area contributed by atoms with Crippen LogP contribution in [-0.2, 0) is 7.05 Å². The Morgan fingerprint density at radius 3 is 2.90 bits per heavy atom. The molecule has 0 aliphatic rings. The van der Waals surface area contributed by atoms with Gasteiger partial charge in [0.15, 0.2) is 17.9 Å². The smallest absolute Gasteiger partial charge is 0.185 e. The zero-order chi connectivity index (χ0) is 7.56. The molecule has 4 nitrogen and oxygen atoms in total. The topological polar surface area (TPSA) is 46.9 Å². The largest absolute Gasteiger partial charge is 0.330 e. The van der Waals surface area contributed by atoms with Crippen LogP contribution in [0.2, 0.25) is 0 Å². The number of carbonyl (C=O) groups excluding carboxylic acids is 1. The number of carbonyl (C=O) groups is 1. The lowest BCUT2D eigenvalue weighted by molar-refractivity contribution is 0.111. The summed E-state index contributed by atoms with van der Waals surface area (Å²) >= 11 is 5.23.